The second-order valence-electron chi connectivity index (χ2n) is 1.63. The van der Waals surface area contributed by atoms with Crippen molar-refractivity contribution in [3.63, 3.8) is 0 Å². The van der Waals surface area contributed by atoms with Crippen LogP contribution >= 0.6 is 11.6 Å². The van der Waals surface area contributed by atoms with Crippen molar-refractivity contribution in [1.29, 1.82) is 0 Å². The lowest BCUT2D eigenvalue weighted by molar-refractivity contribution is 0.976. The maximum absolute atomic E-state index is 5.62. The maximum atomic E-state index is 5.62. The molecule has 0 saturated carbocycles. The van der Waals surface area contributed by atoms with E-state index in [1.54, 1.807) is 13.1 Å². The summed E-state index contributed by atoms with van der Waals surface area (Å²) < 4.78 is 0. The minimum atomic E-state index is 0.432. The van der Waals surface area contributed by atoms with Gasteiger partial charge in [0, 0.05) is 7.05 Å². The Morgan fingerprint density at radius 2 is 2.30 bits per heavy atom. The molecule has 0 aromatic carbocycles. The lowest BCUT2D eigenvalue weighted by Crippen LogP contribution is -2.02. The standard InChI is InChI=1S/C7H11ClN2/c1-4-5-7(8)10-6(2)9-3/h4-5,9H,2H2,1,3H3/b5-4-,10-7+. The zero-order valence-corrected chi connectivity index (χ0v) is 6.94. The molecule has 2 nitrogen and oxygen atoms in total. The second-order valence-corrected chi connectivity index (χ2v) is 2.02. The quantitative estimate of drug-likeness (QED) is 0.624. The Morgan fingerprint density at radius 1 is 1.70 bits per heavy atom. The average molecular weight is 159 g/mol. The van der Waals surface area contributed by atoms with E-state index in [1.807, 2.05) is 13.0 Å². The lowest BCUT2D eigenvalue weighted by atomic mass is 10.5. The smallest absolute Gasteiger partial charge is 0.131 e. The van der Waals surface area contributed by atoms with E-state index >= 15 is 0 Å². The van der Waals surface area contributed by atoms with Gasteiger partial charge in [-0.2, -0.15) is 0 Å². The summed E-state index contributed by atoms with van der Waals surface area (Å²) in [6, 6.07) is 0. The molecule has 56 valence electrons. The van der Waals surface area contributed by atoms with Crippen LogP contribution in [-0.4, -0.2) is 12.2 Å². The van der Waals surface area contributed by atoms with Crippen LogP contribution in [0.2, 0.25) is 0 Å². The van der Waals surface area contributed by atoms with Gasteiger partial charge in [-0.15, -0.1) is 0 Å². The van der Waals surface area contributed by atoms with Crippen molar-refractivity contribution >= 4 is 16.8 Å². The molecule has 0 heterocycles. The average Bonchev–Trinajstić information content (AvgIpc) is 1.88. The summed E-state index contributed by atoms with van der Waals surface area (Å²) in [4.78, 5) is 3.87. The Labute approximate surface area is 66.3 Å². The maximum Gasteiger partial charge on any atom is 0.131 e. The van der Waals surface area contributed by atoms with Gasteiger partial charge in [-0.1, -0.05) is 24.3 Å². The van der Waals surface area contributed by atoms with E-state index in [0.29, 0.717) is 11.0 Å². The summed E-state index contributed by atoms with van der Waals surface area (Å²) in [6.45, 7) is 5.45. The normalized spacial score (nSPS) is 12.1. The van der Waals surface area contributed by atoms with E-state index in [1.165, 1.54) is 0 Å². The van der Waals surface area contributed by atoms with Crippen molar-refractivity contribution in [2.24, 2.45) is 4.99 Å². The van der Waals surface area contributed by atoms with Crippen molar-refractivity contribution in [3.8, 4) is 0 Å². The molecule has 0 fully saturated rings. The molecule has 0 saturated heterocycles. The fourth-order valence-corrected chi connectivity index (χ4v) is 0.588. The Hall–Kier alpha value is -0.760. The van der Waals surface area contributed by atoms with Crippen LogP contribution in [0.1, 0.15) is 6.92 Å². The van der Waals surface area contributed by atoms with Gasteiger partial charge < -0.3 is 5.32 Å². The van der Waals surface area contributed by atoms with E-state index in [0.717, 1.165) is 0 Å². The van der Waals surface area contributed by atoms with Crippen molar-refractivity contribution in [2.45, 2.75) is 6.92 Å². The minimum Gasteiger partial charge on any atom is -0.374 e. The van der Waals surface area contributed by atoms with E-state index < -0.39 is 0 Å². The molecule has 3 heteroatoms. The Morgan fingerprint density at radius 3 is 2.70 bits per heavy atom. The van der Waals surface area contributed by atoms with Crippen LogP contribution in [0.5, 0.6) is 0 Å². The van der Waals surface area contributed by atoms with E-state index in [2.05, 4.69) is 16.9 Å². The van der Waals surface area contributed by atoms with Crippen molar-refractivity contribution < 1.29 is 0 Å². The summed E-state index contributed by atoms with van der Waals surface area (Å²) in [5.74, 6) is 0.558. The van der Waals surface area contributed by atoms with Gasteiger partial charge in [0.25, 0.3) is 0 Å². The summed E-state index contributed by atoms with van der Waals surface area (Å²) in [7, 11) is 1.74. The molecule has 0 rings (SSSR count). The molecular weight excluding hydrogens is 148 g/mol. The van der Waals surface area contributed by atoms with E-state index in [4.69, 9.17) is 11.6 Å². The second kappa shape index (κ2) is 5.06. The number of nitrogens with one attached hydrogen (secondary N) is 1. The summed E-state index contributed by atoms with van der Waals surface area (Å²) in [6.07, 6.45) is 3.51. The predicted octanol–water partition coefficient (Wildman–Crippen LogP) is 1.89. The molecule has 0 aliphatic heterocycles. The molecule has 0 aromatic heterocycles. The van der Waals surface area contributed by atoms with Gasteiger partial charge in [-0.25, -0.2) is 4.99 Å². The number of nitrogens with zero attached hydrogens (tertiary/aromatic N) is 1. The minimum absolute atomic E-state index is 0.432. The predicted molar refractivity (Wildman–Crippen MR) is 46.3 cm³/mol. The highest BCUT2D eigenvalue weighted by molar-refractivity contribution is 6.68. The third-order valence-corrected chi connectivity index (χ3v) is 1.05. The van der Waals surface area contributed by atoms with Crippen molar-refractivity contribution in [3.05, 3.63) is 24.6 Å². The first-order valence-corrected chi connectivity index (χ1v) is 3.32. The molecule has 0 atom stereocenters. The van der Waals surface area contributed by atoms with Gasteiger partial charge in [-0.05, 0) is 13.0 Å². The molecule has 0 amide bonds. The molecule has 0 unspecified atom stereocenters. The fourth-order valence-electron chi connectivity index (χ4n) is 0.360. The third-order valence-electron chi connectivity index (χ3n) is 0.835. The molecule has 1 N–H and O–H groups in total. The first kappa shape index (κ1) is 9.24. The van der Waals surface area contributed by atoms with Crippen molar-refractivity contribution in [1.82, 2.24) is 5.32 Å². The van der Waals surface area contributed by atoms with Gasteiger partial charge in [-0.3, -0.25) is 0 Å². The van der Waals surface area contributed by atoms with Crippen molar-refractivity contribution in [2.75, 3.05) is 7.05 Å². The van der Waals surface area contributed by atoms with Gasteiger partial charge in [0.1, 0.15) is 11.0 Å². The molecule has 10 heavy (non-hydrogen) atoms. The van der Waals surface area contributed by atoms with Crippen LogP contribution in [0, 0.1) is 0 Å². The largest absolute Gasteiger partial charge is 0.374 e. The summed E-state index contributed by atoms with van der Waals surface area (Å²) in [5.41, 5.74) is 0. The van der Waals surface area contributed by atoms with Gasteiger partial charge in [0.15, 0.2) is 0 Å². The van der Waals surface area contributed by atoms with Crippen LogP contribution in [0.25, 0.3) is 0 Å². The van der Waals surface area contributed by atoms with Gasteiger partial charge in [0.05, 0.1) is 0 Å². The topological polar surface area (TPSA) is 24.4 Å². The molecule has 0 bridgehead atoms. The van der Waals surface area contributed by atoms with Gasteiger partial charge >= 0.3 is 0 Å². The highest BCUT2D eigenvalue weighted by atomic mass is 35.5. The molecule has 0 aliphatic rings. The zero-order chi connectivity index (χ0) is 7.98. The number of rotatable bonds is 3. The highest BCUT2D eigenvalue weighted by Crippen LogP contribution is 1.93. The first-order valence-electron chi connectivity index (χ1n) is 2.94. The van der Waals surface area contributed by atoms with Crippen LogP contribution in [0.4, 0.5) is 0 Å². The summed E-state index contributed by atoms with van der Waals surface area (Å²) in [5, 5.41) is 3.19. The molecule has 0 aromatic rings. The number of halogens is 1. The number of hydrogen-bond donors (Lipinski definition) is 1. The first-order chi connectivity index (χ1) is 4.70. The molecular formula is C7H11ClN2. The lowest BCUT2D eigenvalue weighted by Gasteiger charge is -1.94. The molecule has 0 radical (unpaired) electrons. The highest BCUT2D eigenvalue weighted by Gasteiger charge is 1.86. The van der Waals surface area contributed by atoms with E-state index in [-0.39, 0.29) is 0 Å². The van der Waals surface area contributed by atoms with E-state index in [9.17, 15) is 0 Å². The fraction of sp³-hybridized carbons (Fsp3) is 0.286. The van der Waals surface area contributed by atoms with Gasteiger partial charge in [0.2, 0.25) is 0 Å². The Kier molecular flexibility index (Phi) is 4.67. The monoisotopic (exact) mass is 158 g/mol. The molecule has 0 spiro atoms. The van der Waals surface area contributed by atoms with Crippen LogP contribution in [0.15, 0.2) is 29.5 Å². The zero-order valence-electron chi connectivity index (χ0n) is 6.19. The van der Waals surface area contributed by atoms with Crippen LogP contribution in [-0.2, 0) is 0 Å². The Balaban J connectivity index is 4.02. The molecule has 0 aliphatic carbocycles. The van der Waals surface area contributed by atoms with Crippen LogP contribution < -0.4 is 5.32 Å². The Bertz CT molecular complexity index is 170. The number of aliphatic imine (C=N–C) groups is 1. The SMILES string of the molecule is C=C(/N=C(Cl)\C=C/C)NC. The van der Waals surface area contributed by atoms with Crippen LogP contribution in [0.3, 0.4) is 0 Å². The number of allylic oxidation sites excluding steroid dienone is 2. The number of hydrogen-bond acceptors (Lipinski definition) is 2. The summed E-state index contributed by atoms with van der Waals surface area (Å²) >= 11 is 5.62. The third kappa shape index (κ3) is 4.15.